The van der Waals surface area contributed by atoms with Crippen molar-refractivity contribution in [2.24, 2.45) is 0 Å². The molecule has 0 spiro atoms. The summed E-state index contributed by atoms with van der Waals surface area (Å²) >= 11 is 7.36. The van der Waals surface area contributed by atoms with Crippen molar-refractivity contribution in [1.29, 1.82) is 0 Å². The molecule has 0 saturated carbocycles. The van der Waals surface area contributed by atoms with Crippen LogP contribution in [0, 0.1) is 0 Å². The highest BCUT2D eigenvalue weighted by Gasteiger charge is 2.08. The van der Waals surface area contributed by atoms with Crippen molar-refractivity contribution in [2.45, 2.75) is 11.7 Å². The Hall–Kier alpha value is -1.99. The molecule has 1 aromatic carbocycles. The molecule has 2 aromatic heterocycles. The third-order valence-corrected chi connectivity index (χ3v) is 3.95. The molecule has 3 rings (SSSR count). The second kappa shape index (κ2) is 7.33. The van der Waals surface area contributed by atoms with Crippen molar-refractivity contribution in [3.05, 3.63) is 53.4 Å². The smallest absolute Gasteiger partial charge is 0.209 e. The number of tetrazole rings is 1. The third-order valence-electron chi connectivity index (χ3n) is 2.78. The van der Waals surface area contributed by atoms with Gasteiger partial charge in [0.15, 0.2) is 0 Å². The predicted molar refractivity (Wildman–Crippen MR) is 83.3 cm³/mol. The molecule has 0 atom stereocenters. The Labute approximate surface area is 136 Å². The van der Waals surface area contributed by atoms with Crippen LogP contribution in [-0.2, 0) is 6.54 Å². The van der Waals surface area contributed by atoms with Gasteiger partial charge in [-0.15, -0.1) is 5.10 Å². The number of hydrogen-bond donors (Lipinski definition) is 0. The standard InChI is InChI=1S/C14H13ClN4O2S/c15-11-3-5-12(6-4-11)21-8-9-22-14-16-17-18-19(14)10-13-2-1-7-20-13/h1-7H,8-10H2. The molecule has 22 heavy (non-hydrogen) atoms. The topological polar surface area (TPSA) is 66.0 Å². The summed E-state index contributed by atoms with van der Waals surface area (Å²) in [5.41, 5.74) is 0. The minimum Gasteiger partial charge on any atom is -0.493 e. The van der Waals surface area contributed by atoms with Crippen molar-refractivity contribution in [1.82, 2.24) is 20.2 Å². The van der Waals surface area contributed by atoms with Gasteiger partial charge in [-0.25, -0.2) is 4.68 Å². The van der Waals surface area contributed by atoms with Crippen molar-refractivity contribution < 1.29 is 9.15 Å². The molecule has 0 amide bonds. The summed E-state index contributed by atoms with van der Waals surface area (Å²) in [5.74, 6) is 2.34. The summed E-state index contributed by atoms with van der Waals surface area (Å²) in [6.07, 6.45) is 1.63. The van der Waals surface area contributed by atoms with Gasteiger partial charge in [-0.3, -0.25) is 0 Å². The zero-order valence-corrected chi connectivity index (χ0v) is 13.1. The maximum atomic E-state index is 5.82. The normalized spacial score (nSPS) is 10.8. The number of hydrogen-bond acceptors (Lipinski definition) is 6. The Morgan fingerprint density at radius 2 is 2.09 bits per heavy atom. The van der Waals surface area contributed by atoms with E-state index in [9.17, 15) is 0 Å². The fourth-order valence-corrected chi connectivity index (χ4v) is 2.59. The molecule has 0 aliphatic heterocycles. The molecule has 3 aromatic rings. The molecule has 0 N–H and O–H groups in total. The quantitative estimate of drug-likeness (QED) is 0.488. The van der Waals surface area contributed by atoms with E-state index in [1.54, 1.807) is 23.1 Å². The van der Waals surface area contributed by atoms with E-state index in [4.69, 9.17) is 20.8 Å². The lowest BCUT2D eigenvalue weighted by molar-refractivity contribution is 0.344. The minimum atomic E-state index is 0.514. The third kappa shape index (κ3) is 4.02. The summed E-state index contributed by atoms with van der Waals surface area (Å²) in [6, 6.07) is 11.0. The van der Waals surface area contributed by atoms with Crippen LogP contribution in [-0.4, -0.2) is 32.6 Å². The number of thioether (sulfide) groups is 1. The van der Waals surface area contributed by atoms with Gasteiger partial charge >= 0.3 is 0 Å². The van der Waals surface area contributed by atoms with Crippen LogP contribution >= 0.6 is 23.4 Å². The highest BCUT2D eigenvalue weighted by atomic mass is 35.5. The van der Waals surface area contributed by atoms with E-state index < -0.39 is 0 Å². The van der Waals surface area contributed by atoms with Crippen molar-refractivity contribution in [3.63, 3.8) is 0 Å². The van der Waals surface area contributed by atoms with Gasteiger partial charge in [0.05, 0.1) is 12.9 Å². The first kappa shape index (κ1) is 14.9. The van der Waals surface area contributed by atoms with Gasteiger partial charge in [-0.2, -0.15) is 0 Å². The lowest BCUT2D eigenvalue weighted by Crippen LogP contribution is -2.05. The minimum absolute atomic E-state index is 0.514. The second-order valence-corrected chi connectivity index (χ2v) is 5.85. The molecule has 114 valence electrons. The van der Waals surface area contributed by atoms with Gasteiger partial charge in [0.25, 0.3) is 0 Å². The largest absolute Gasteiger partial charge is 0.493 e. The average Bonchev–Trinajstić information content (AvgIpc) is 3.18. The summed E-state index contributed by atoms with van der Waals surface area (Å²) in [5, 5.41) is 13.1. The monoisotopic (exact) mass is 336 g/mol. The summed E-state index contributed by atoms with van der Waals surface area (Å²) < 4.78 is 12.6. The highest BCUT2D eigenvalue weighted by Crippen LogP contribution is 2.18. The molecule has 0 saturated heterocycles. The van der Waals surface area contributed by atoms with Crippen LogP contribution < -0.4 is 4.74 Å². The average molecular weight is 337 g/mol. The first-order valence-electron chi connectivity index (χ1n) is 6.61. The number of nitrogens with zero attached hydrogens (tertiary/aromatic N) is 4. The van der Waals surface area contributed by atoms with Crippen molar-refractivity contribution in [2.75, 3.05) is 12.4 Å². The van der Waals surface area contributed by atoms with Crippen LogP contribution in [0.5, 0.6) is 5.75 Å². The molecule has 0 fully saturated rings. The van der Waals surface area contributed by atoms with Crippen LogP contribution in [0.4, 0.5) is 0 Å². The lowest BCUT2D eigenvalue weighted by Gasteiger charge is -2.06. The molecular weight excluding hydrogens is 324 g/mol. The van der Waals surface area contributed by atoms with Crippen molar-refractivity contribution >= 4 is 23.4 Å². The Morgan fingerprint density at radius 3 is 2.86 bits per heavy atom. The second-order valence-electron chi connectivity index (χ2n) is 4.35. The molecule has 6 nitrogen and oxygen atoms in total. The summed E-state index contributed by atoms with van der Waals surface area (Å²) in [6.45, 7) is 1.07. The fourth-order valence-electron chi connectivity index (χ4n) is 1.77. The van der Waals surface area contributed by atoms with Gasteiger partial charge in [-0.05, 0) is 46.8 Å². The lowest BCUT2D eigenvalue weighted by atomic mass is 10.3. The van der Waals surface area contributed by atoms with E-state index in [0.717, 1.165) is 22.4 Å². The number of ether oxygens (including phenoxy) is 1. The number of halogens is 1. The van der Waals surface area contributed by atoms with Crippen LogP contribution in [0.25, 0.3) is 0 Å². The molecular formula is C14H13ClN4O2S. The first-order chi connectivity index (χ1) is 10.8. The Kier molecular flexibility index (Phi) is 4.97. The van der Waals surface area contributed by atoms with Crippen LogP contribution in [0.15, 0.2) is 52.2 Å². The Bertz CT molecular complexity index is 700. The number of benzene rings is 1. The van der Waals surface area contributed by atoms with E-state index in [1.807, 2.05) is 24.3 Å². The van der Waals surface area contributed by atoms with E-state index in [1.165, 1.54) is 11.8 Å². The molecule has 0 radical (unpaired) electrons. The van der Waals surface area contributed by atoms with Crippen molar-refractivity contribution in [3.8, 4) is 5.75 Å². The molecule has 2 heterocycles. The zero-order valence-electron chi connectivity index (χ0n) is 11.6. The van der Waals surface area contributed by atoms with Gasteiger partial charge in [0.2, 0.25) is 5.16 Å². The van der Waals surface area contributed by atoms with E-state index in [0.29, 0.717) is 18.2 Å². The SMILES string of the molecule is Clc1ccc(OCCSc2nnnn2Cc2ccco2)cc1. The predicted octanol–water partition coefficient (Wildman–Crippen LogP) is 3.14. The van der Waals surface area contributed by atoms with Gasteiger partial charge in [0.1, 0.15) is 18.1 Å². The Balaban J connectivity index is 1.48. The molecule has 0 unspecified atom stereocenters. The van der Waals surface area contributed by atoms with Gasteiger partial charge in [-0.1, -0.05) is 23.4 Å². The van der Waals surface area contributed by atoms with Crippen LogP contribution in [0.3, 0.4) is 0 Å². The summed E-state index contributed by atoms with van der Waals surface area (Å²) in [7, 11) is 0. The summed E-state index contributed by atoms with van der Waals surface area (Å²) in [4.78, 5) is 0. The van der Waals surface area contributed by atoms with Crippen LogP contribution in [0.2, 0.25) is 5.02 Å². The fraction of sp³-hybridized carbons (Fsp3) is 0.214. The molecule has 0 aliphatic rings. The van der Waals surface area contributed by atoms with E-state index in [2.05, 4.69) is 15.5 Å². The van der Waals surface area contributed by atoms with Crippen LogP contribution in [0.1, 0.15) is 5.76 Å². The van der Waals surface area contributed by atoms with Gasteiger partial charge < -0.3 is 9.15 Å². The maximum Gasteiger partial charge on any atom is 0.209 e. The highest BCUT2D eigenvalue weighted by molar-refractivity contribution is 7.99. The first-order valence-corrected chi connectivity index (χ1v) is 7.97. The van der Waals surface area contributed by atoms with E-state index in [-0.39, 0.29) is 0 Å². The van der Waals surface area contributed by atoms with E-state index >= 15 is 0 Å². The number of furan rings is 1. The maximum absolute atomic E-state index is 5.82. The molecule has 0 aliphatic carbocycles. The molecule has 8 heteroatoms. The van der Waals surface area contributed by atoms with Gasteiger partial charge in [0, 0.05) is 10.8 Å². The zero-order chi connectivity index (χ0) is 15.2. The molecule has 0 bridgehead atoms. The number of rotatable bonds is 7. The number of aromatic nitrogens is 4. The Morgan fingerprint density at radius 1 is 1.23 bits per heavy atom.